The fourth-order valence-corrected chi connectivity index (χ4v) is 2.47. The number of primary amides is 1. The molecule has 3 unspecified atom stereocenters. The van der Waals surface area contributed by atoms with Crippen LogP contribution in [0.25, 0.3) is 0 Å². The molecule has 0 aromatic carbocycles. The van der Waals surface area contributed by atoms with Crippen LogP contribution >= 0.6 is 0 Å². The maximum absolute atomic E-state index is 12.3. The molecule has 13 nitrogen and oxygen atoms in total. The van der Waals surface area contributed by atoms with Crippen LogP contribution in [0.4, 0.5) is 0 Å². The van der Waals surface area contributed by atoms with Crippen molar-refractivity contribution in [3.63, 3.8) is 0 Å². The molecule has 0 fully saturated rings. The van der Waals surface area contributed by atoms with Crippen LogP contribution in [-0.4, -0.2) is 77.0 Å². The lowest BCUT2D eigenvalue weighted by atomic mass is 10.0. The molecular weight excluding hydrogens is 426 g/mol. The summed E-state index contributed by atoms with van der Waals surface area (Å²) in [6.45, 7) is 4.05. The van der Waals surface area contributed by atoms with Gasteiger partial charge in [0.15, 0.2) is 0 Å². The first kappa shape index (κ1) is 28.8. The Hall–Kier alpha value is -3.22. The van der Waals surface area contributed by atoms with E-state index in [2.05, 4.69) is 16.0 Å². The van der Waals surface area contributed by atoms with E-state index >= 15 is 0 Å². The molecule has 0 spiro atoms. The van der Waals surface area contributed by atoms with Crippen molar-refractivity contribution in [3.05, 3.63) is 0 Å². The van der Waals surface area contributed by atoms with Crippen molar-refractivity contribution in [1.82, 2.24) is 21.3 Å². The van der Waals surface area contributed by atoms with Gasteiger partial charge >= 0.3 is 5.97 Å². The highest BCUT2D eigenvalue weighted by molar-refractivity contribution is 5.95. The van der Waals surface area contributed by atoms with Crippen LogP contribution in [0.5, 0.6) is 0 Å². The van der Waals surface area contributed by atoms with Crippen LogP contribution in [0.1, 0.15) is 46.5 Å². The Morgan fingerprint density at radius 1 is 0.812 bits per heavy atom. The lowest BCUT2D eigenvalue weighted by molar-refractivity contribution is -0.143. The topological polar surface area (TPSA) is 217 Å². The molecule has 0 aromatic rings. The van der Waals surface area contributed by atoms with Gasteiger partial charge in [0.25, 0.3) is 0 Å². The molecular formula is C19H33N5O8. The number of rotatable bonds is 15. The van der Waals surface area contributed by atoms with Gasteiger partial charge in [-0.15, -0.1) is 0 Å². The number of nitrogens with one attached hydrogen (secondary N) is 4. The zero-order valence-electron chi connectivity index (χ0n) is 18.5. The number of carbonyl (C=O) groups excluding carboxylic acids is 5. The molecule has 0 rings (SSSR count). The average Bonchev–Trinajstić information content (AvgIpc) is 2.72. The predicted molar refractivity (Wildman–Crippen MR) is 112 cm³/mol. The van der Waals surface area contributed by atoms with Gasteiger partial charge in [-0.2, -0.15) is 0 Å². The van der Waals surface area contributed by atoms with Crippen LogP contribution in [0.3, 0.4) is 0 Å². The molecule has 5 amide bonds. The monoisotopic (exact) mass is 459 g/mol. The molecule has 0 saturated heterocycles. The van der Waals surface area contributed by atoms with Crippen LogP contribution in [-0.2, 0) is 28.8 Å². The van der Waals surface area contributed by atoms with E-state index in [9.17, 15) is 28.8 Å². The minimum absolute atomic E-state index is 0.154. The van der Waals surface area contributed by atoms with Crippen LogP contribution < -0.4 is 27.0 Å². The predicted octanol–water partition coefficient (Wildman–Crippen LogP) is -2.64. The first-order valence-corrected chi connectivity index (χ1v) is 10.2. The molecule has 0 aliphatic rings. The second-order valence-electron chi connectivity index (χ2n) is 7.34. The fourth-order valence-electron chi connectivity index (χ4n) is 2.47. The van der Waals surface area contributed by atoms with Crippen molar-refractivity contribution in [1.29, 1.82) is 0 Å². The van der Waals surface area contributed by atoms with Crippen LogP contribution in [0, 0.1) is 5.92 Å². The highest BCUT2D eigenvalue weighted by Crippen LogP contribution is 2.06. The van der Waals surface area contributed by atoms with Gasteiger partial charge in [0.1, 0.15) is 18.1 Å². The van der Waals surface area contributed by atoms with Crippen molar-refractivity contribution in [2.75, 3.05) is 13.2 Å². The van der Waals surface area contributed by atoms with Gasteiger partial charge in [-0.05, 0) is 12.3 Å². The number of hydrogen-bond donors (Lipinski definition) is 7. The number of carbonyl (C=O) groups is 6. The Balaban J connectivity index is 4.88. The third-order valence-electron chi connectivity index (χ3n) is 4.57. The Morgan fingerprint density at radius 2 is 1.41 bits per heavy atom. The van der Waals surface area contributed by atoms with Gasteiger partial charge in [0.05, 0.1) is 19.6 Å². The van der Waals surface area contributed by atoms with Crippen molar-refractivity contribution in [2.45, 2.75) is 64.6 Å². The molecule has 0 aliphatic carbocycles. The van der Waals surface area contributed by atoms with E-state index in [0.29, 0.717) is 0 Å². The second kappa shape index (κ2) is 14.7. The Kier molecular flexibility index (Phi) is 13.2. The van der Waals surface area contributed by atoms with Gasteiger partial charge < -0.3 is 37.2 Å². The molecule has 0 aliphatic heterocycles. The number of nitrogens with two attached hydrogens (primary N) is 1. The standard InChI is InChI=1S/C19H33N5O8/c1-4-10(3)6-15(27)22-11(5-2)17(29)21-8-16(28)23-12(7-14(20)26)18(30)24-13(9-25)19(31)32/h10-13,25H,4-9H2,1-3H3,(H2,20,26)(H,21,29)(H,22,27)(H,23,28)(H,24,30)(H,31,32)/t10?,11?,12?,13-/m0/s1. The smallest absolute Gasteiger partial charge is 0.328 e. The second-order valence-corrected chi connectivity index (χ2v) is 7.34. The van der Waals surface area contributed by atoms with E-state index in [-0.39, 0.29) is 24.7 Å². The molecule has 0 bridgehead atoms. The lowest BCUT2D eigenvalue weighted by Crippen LogP contribution is -2.55. The molecule has 32 heavy (non-hydrogen) atoms. The number of amides is 5. The van der Waals surface area contributed by atoms with Gasteiger partial charge in [0.2, 0.25) is 29.5 Å². The van der Waals surface area contributed by atoms with Crippen molar-refractivity contribution < 1.29 is 39.0 Å². The summed E-state index contributed by atoms with van der Waals surface area (Å²) in [4.78, 5) is 70.7. The molecule has 13 heteroatoms. The minimum atomic E-state index is -1.64. The average molecular weight is 460 g/mol. The maximum Gasteiger partial charge on any atom is 0.328 e. The van der Waals surface area contributed by atoms with E-state index in [1.807, 2.05) is 19.2 Å². The molecule has 0 aromatic heterocycles. The van der Waals surface area contributed by atoms with Crippen molar-refractivity contribution in [2.24, 2.45) is 11.7 Å². The third kappa shape index (κ3) is 11.2. The number of aliphatic hydroxyl groups is 1. The van der Waals surface area contributed by atoms with E-state index < -0.39 is 67.3 Å². The highest BCUT2D eigenvalue weighted by atomic mass is 16.4. The number of carboxylic acids is 1. The Labute approximate surface area is 185 Å². The van der Waals surface area contributed by atoms with Gasteiger partial charge in [-0.1, -0.05) is 27.2 Å². The summed E-state index contributed by atoms with van der Waals surface area (Å²) in [5, 5.41) is 26.9. The fraction of sp³-hybridized carbons (Fsp3) is 0.684. The van der Waals surface area contributed by atoms with Gasteiger partial charge in [-0.3, -0.25) is 24.0 Å². The molecule has 182 valence electrons. The Bertz CT molecular complexity index is 699. The summed E-state index contributed by atoms with van der Waals surface area (Å²) in [6, 6.07) is -4.01. The number of hydrogen-bond acceptors (Lipinski definition) is 7. The zero-order chi connectivity index (χ0) is 24.8. The highest BCUT2D eigenvalue weighted by Gasteiger charge is 2.28. The summed E-state index contributed by atoms with van der Waals surface area (Å²) >= 11 is 0. The first-order valence-electron chi connectivity index (χ1n) is 10.2. The van der Waals surface area contributed by atoms with Crippen LogP contribution in [0.15, 0.2) is 0 Å². The molecule has 8 N–H and O–H groups in total. The lowest BCUT2D eigenvalue weighted by Gasteiger charge is -2.20. The van der Waals surface area contributed by atoms with Crippen molar-refractivity contribution >= 4 is 35.5 Å². The molecule has 4 atom stereocenters. The zero-order valence-corrected chi connectivity index (χ0v) is 18.5. The number of aliphatic hydroxyl groups excluding tert-OH is 1. The largest absolute Gasteiger partial charge is 0.480 e. The molecule has 0 radical (unpaired) electrons. The van der Waals surface area contributed by atoms with Crippen molar-refractivity contribution in [3.8, 4) is 0 Å². The molecule has 0 heterocycles. The number of aliphatic carboxylic acids is 1. The van der Waals surface area contributed by atoms with E-state index in [4.69, 9.17) is 15.9 Å². The summed E-state index contributed by atoms with van der Waals surface area (Å²) in [5.41, 5.74) is 5.05. The van der Waals surface area contributed by atoms with Gasteiger partial charge in [0, 0.05) is 6.42 Å². The normalized spacial score (nSPS) is 14.2. The molecule has 0 saturated carbocycles. The summed E-state index contributed by atoms with van der Waals surface area (Å²) in [5.74, 6) is -5.10. The van der Waals surface area contributed by atoms with E-state index in [1.54, 1.807) is 6.92 Å². The third-order valence-corrected chi connectivity index (χ3v) is 4.57. The quantitative estimate of drug-likeness (QED) is 0.137. The first-order chi connectivity index (χ1) is 14.9. The van der Waals surface area contributed by atoms with E-state index in [1.165, 1.54) is 0 Å². The number of carboxylic acid groups (broad SMARTS) is 1. The Morgan fingerprint density at radius 3 is 1.88 bits per heavy atom. The summed E-state index contributed by atoms with van der Waals surface area (Å²) in [6.07, 6.45) is 0.717. The maximum atomic E-state index is 12.3. The van der Waals surface area contributed by atoms with Gasteiger partial charge in [-0.25, -0.2) is 4.79 Å². The van der Waals surface area contributed by atoms with Crippen LogP contribution in [0.2, 0.25) is 0 Å². The summed E-state index contributed by atoms with van der Waals surface area (Å²) in [7, 11) is 0. The summed E-state index contributed by atoms with van der Waals surface area (Å²) < 4.78 is 0. The SMILES string of the molecule is CCC(C)CC(=O)NC(CC)C(=O)NCC(=O)NC(CC(N)=O)C(=O)N[C@@H](CO)C(=O)O. The minimum Gasteiger partial charge on any atom is -0.480 e. The van der Waals surface area contributed by atoms with E-state index in [0.717, 1.165) is 6.42 Å².